The molecule has 196 valence electrons. The third kappa shape index (κ3) is 4.39. The molecule has 8 atom stereocenters. The first kappa shape index (κ1) is 25.7. The van der Waals surface area contributed by atoms with Gasteiger partial charge in [-0.25, -0.2) is 0 Å². The number of rotatable bonds is 5. The van der Waals surface area contributed by atoms with Crippen LogP contribution in [-0.2, 0) is 11.2 Å². The molecule has 0 radical (unpaired) electrons. The van der Waals surface area contributed by atoms with Crippen molar-refractivity contribution >= 4 is 5.97 Å². The van der Waals surface area contributed by atoms with E-state index in [4.69, 9.17) is 4.74 Å². The number of carbonyl (C=O) groups is 1. The van der Waals surface area contributed by atoms with Gasteiger partial charge in [0, 0.05) is 6.92 Å². The van der Waals surface area contributed by atoms with Gasteiger partial charge in [-0.3, -0.25) is 4.79 Å². The molecule has 1 aromatic carbocycles. The van der Waals surface area contributed by atoms with Crippen LogP contribution in [0.1, 0.15) is 84.6 Å². The van der Waals surface area contributed by atoms with Crippen LogP contribution in [0.5, 0.6) is 5.75 Å². The summed E-state index contributed by atoms with van der Waals surface area (Å²) < 4.78 is 5.24. The number of aliphatic hydroxyl groups excluding tert-OH is 1. The molecule has 2 N–H and O–H groups in total. The summed E-state index contributed by atoms with van der Waals surface area (Å²) in [6, 6.07) is 7.76. The van der Waals surface area contributed by atoms with Gasteiger partial charge >= 0.3 is 5.97 Å². The summed E-state index contributed by atoms with van der Waals surface area (Å²) in [6.45, 7) is 8.34. The Morgan fingerprint density at radius 3 is 2.64 bits per heavy atom. The molecule has 3 saturated carbocycles. The standard InChI is InChI=1S/C32H44O4/c1-21(33)36-26-11-7-9-22(18-26)8-5-6-10-23-19-24-20-25(34)12-15-30(24,2)27-13-16-31(3)28(29(23)27)14-17-32(31,4)35/h5-7,9,11,18,20,23,25,27-29,34-35H,8,10,12-17,19H2,1-4H3/t23?,25-,27?,28?,29?,30-,31-,32-/m0/s1. The molecule has 4 aliphatic carbocycles. The average Bonchev–Trinajstić information content (AvgIpc) is 3.06. The first-order valence-corrected chi connectivity index (χ1v) is 14.1. The van der Waals surface area contributed by atoms with Gasteiger partial charge in [-0.2, -0.15) is 0 Å². The van der Waals surface area contributed by atoms with Crippen LogP contribution < -0.4 is 4.74 Å². The molecular formula is C32H44O4. The summed E-state index contributed by atoms with van der Waals surface area (Å²) in [7, 11) is 0. The van der Waals surface area contributed by atoms with Crippen LogP contribution in [0.2, 0.25) is 0 Å². The summed E-state index contributed by atoms with van der Waals surface area (Å²) >= 11 is 0. The van der Waals surface area contributed by atoms with E-state index in [-0.39, 0.29) is 22.9 Å². The Bertz CT molecular complexity index is 1050. The number of hydrogen-bond acceptors (Lipinski definition) is 4. The Hall–Kier alpha value is -1.91. The van der Waals surface area contributed by atoms with Gasteiger partial charge in [0.15, 0.2) is 0 Å². The number of ether oxygens (including phenoxy) is 1. The lowest BCUT2D eigenvalue weighted by atomic mass is 9.44. The third-order valence-electron chi connectivity index (χ3n) is 10.9. The van der Waals surface area contributed by atoms with Gasteiger partial charge in [0.05, 0.1) is 11.7 Å². The molecule has 4 nitrogen and oxygen atoms in total. The van der Waals surface area contributed by atoms with Crippen molar-refractivity contribution in [2.45, 2.75) is 97.2 Å². The van der Waals surface area contributed by atoms with Gasteiger partial charge in [-0.05, 0) is 117 Å². The van der Waals surface area contributed by atoms with E-state index in [2.05, 4.69) is 45.1 Å². The van der Waals surface area contributed by atoms with E-state index in [1.165, 1.54) is 18.9 Å². The van der Waals surface area contributed by atoms with Crippen LogP contribution in [0.4, 0.5) is 0 Å². The van der Waals surface area contributed by atoms with E-state index < -0.39 is 5.60 Å². The molecular weight excluding hydrogens is 448 g/mol. The van der Waals surface area contributed by atoms with Gasteiger partial charge in [0.25, 0.3) is 0 Å². The largest absolute Gasteiger partial charge is 0.427 e. The predicted molar refractivity (Wildman–Crippen MR) is 142 cm³/mol. The minimum absolute atomic E-state index is 0.000951. The SMILES string of the molecule is CC(=O)Oc1cccc(CC=CCC2CC3=C[C@@H](O)CC[C@]3(C)C3CC[C@@]4(C)C(CC[C@]4(C)O)C23)c1. The van der Waals surface area contributed by atoms with Crippen molar-refractivity contribution in [1.82, 2.24) is 0 Å². The maximum Gasteiger partial charge on any atom is 0.308 e. The molecule has 1 aromatic rings. The van der Waals surface area contributed by atoms with E-state index in [0.29, 0.717) is 29.4 Å². The van der Waals surface area contributed by atoms with Crippen LogP contribution in [0, 0.1) is 34.5 Å². The molecule has 4 unspecified atom stereocenters. The van der Waals surface area contributed by atoms with Gasteiger partial charge in [0.1, 0.15) is 5.75 Å². The van der Waals surface area contributed by atoms with E-state index in [1.807, 2.05) is 18.2 Å². The molecule has 0 amide bonds. The number of benzene rings is 1. The number of fused-ring (bicyclic) bond motifs is 5. The minimum Gasteiger partial charge on any atom is -0.427 e. The number of carbonyl (C=O) groups excluding carboxylic acids is 1. The number of esters is 1. The zero-order valence-corrected chi connectivity index (χ0v) is 22.5. The Kier molecular flexibility index (Phi) is 6.74. The van der Waals surface area contributed by atoms with Gasteiger partial charge in [0.2, 0.25) is 0 Å². The zero-order valence-electron chi connectivity index (χ0n) is 22.5. The first-order valence-electron chi connectivity index (χ1n) is 14.1. The lowest BCUT2D eigenvalue weighted by Gasteiger charge is -2.61. The molecule has 0 saturated heterocycles. The highest BCUT2D eigenvalue weighted by atomic mass is 16.5. The summed E-state index contributed by atoms with van der Waals surface area (Å²) in [6.07, 6.45) is 15.7. The van der Waals surface area contributed by atoms with Crippen molar-refractivity contribution in [2.75, 3.05) is 0 Å². The van der Waals surface area contributed by atoms with Crippen molar-refractivity contribution < 1.29 is 19.7 Å². The molecule has 0 aliphatic heterocycles. The lowest BCUT2D eigenvalue weighted by molar-refractivity contribution is -0.132. The van der Waals surface area contributed by atoms with Crippen molar-refractivity contribution in [3.63, 3.8) is 0 Å². The van der Waals surface area contributed by atoms with Crippen molar-refractivity contribution in [1.29, 1.82) is 0 Å². The molecule has 0 aromatic heterocycles. The van der Waals surface area contributed by atoms with E-state index in [9.17, 15) is 15.0 Å². The van der Waals surface area contributed by atoms with Crippen molar-refractivity contribution in [3.8, 4) is 5.75 Å². The molecule has 0 bridgehead atoms. The van der Waals surface area contributed by atoms with Crippen LogP contribution >= 0.6 is 0 Å². The molecule has 3 fully saturated rings. The average molecular weight is 493 g/mol. The van der Waals surface area contributed by atoms with Gasteiger partial charge in [-0.1, -0.05) is 49.8 Å². The molecule has 0 spiro atoms. The topological polar surface area (TPSA) is 66.8 Å². The number of aliphatic hydroxyl groups is 2. The molecule has 5 rings (SSSR count). The zero-order chi connectivity index (χ0) is 25.7. The van der Waals surface area contributed by atoms with Crippen LogP contribution in [0.25, 0.3) is 0 Å². The Morgan fingerprint density at radius 2 is 1.86 bits per heavy atom. The normalized spacial score (nSPS) is 41.8. The summed E-state index contributed by atoms with van der Waals surface area (Å²) in [5, 5.41) is 21.9. The minimum atomic E-state index is -0.574. The second-order valence-electron chi connectivity index (χ2n) is 12.9. The van der Waals surface area contributed by atoms with Crippen molar-refractivity contribution in [2.24, 2.45) is 34.5 Å². The maximum absolute atomic E-state index is 11.4. The Labute approximate surface area is 216 Å². The first-order chi connectivity index (χ1) is 17.0. The number of hydrogen-bond donors (Lipinski definition) is 2. The fraction of sp³-hybridized carbons (Fsp3) is 0.656. The molecule has 36 heavy (non-hydrogen) atoms. The van der Waals surface area contributed by atoms with Crippen LogP contribution in [0.3, 0.4) is 0 Å². The van der Waals surface area contributed by atoms with Crippen LogP contribution in [0.15, 0.2) is 48.1 Å². The van der Waals surface area contributed by atoms with E-state index in [1.54, 1.807) is 0 Å². The maximum atomic E-state index is 11.4. The van der Waals surface area contributed by atoms with Crippen molar-refractivity contribution in [3.05, 3.63) is 53.6 Å². The lowest BCUT2D eigenvalue weighted by Crippen LogP contribution is -2.56. The van der Waals surface area contributed by atoms with Gasteiger partial charge < -0.3 is 14.9 Å². The summed E-state index contributed by atoms with van der Waals surface area (Å²) in [4.78, 5) is 11.3. The number of allylic oxidation sites excluding steroid dienone is 3. The Balaban J connectivity index is 1.37. The van der Waals surface area contributed by atoms with Gasteiger partial charge in [-0.15, -0.1) is 0 Å². The van der Waals surface area contributed by atoms with E-state index in [0.717, 1.165) is 56.9 Å². The fourth-order valence-electron chi connectivity index (χ4n) is 8.73. The quantitative estimate of drug-likeness (QED) is 0.283. The third-order valence-corrected chi connectivity index (χ3v) is 10.9. The smallest absolute Gasteiger partial charge is 0.308 e. The molecule has 4 aliphatic rings. The monoisotopic (exact) mass is 492 g/mol. The summed E-state index contributed by atoms with van der Waals surface area (Å²) in [5.74, 6) is 2.66. The molecule has 4 heteroatoms. The van der Waals surface area contributed by atoms with E-state index >= 15 is 0 Å². The highest BCUT2D eigenvalue weighted by Gasteiger charge is 2.64. The fourth-order valence-corrected chi connectivity index (χ4v) is 8.73. The highest BCUT2D eigenvalue weighted by molar-refractivity contribution is 5.69. The highest BCUT2D eigenvalue weighted by Crippen LogP contribution is 2.69. The summed E-state index contributed by atoms with van der Waals surface area (Å²) in [5.41, 5.74) is 2.24. The second kappa shape index (κ2) is 9.44. The second-order valence-corrected chi connectivity index (χ2v) is 12.9. The predicted octanol–water partition coefficient (Wildman–Crippen LogP) is 6.40. The molecule has 0 heterocycles. The van der Waals surface area contributed by atoms with Crippen LogP contribution in [-0.4, -0.2) is 27.9 Å². The Morgan fingerprint density at radius 1 is 1.08 bits per heavy atom.